The highest BCUT2D eigenvalue weighted by Gasteiger charge is 2.44. The van der Waals surface area contributed by atoms with E-state index in [0.29, 0.717) is 12.5 Å². The molecule has 3 atom stereocenters. The predicted octanol–water partition coefficient (Wildman–Crippen LogP) is 2.47. The van der Waals surface area contributed by atoms with E-state index >= 15 is 0 Å². The second kappa shape index (κ2) is 5.93. The molecule has 0 aromatic carbocycles. The van der Waals surface area contributed by atoms with Crippen LogP contribution in [0.15, 0.2) is 0 Å². The van der Waals surface area contributed by atoms with Crippen LogP contribution >= 0.6 is 0 Å². The van der Waals surface area contributed by atoms with E-state index in [-0.39, 0.29) is 11.9 Å². The third kappa shape index (κ3) is 3.71. The second-order valence-electron chi connectivity index (χ2n) is 6.73. The van der Waals surface area contributed by atoms with Gasteiger partial charge in [0, 0.05) is 12.6 Å². The quantitative estimate of drug-likeness (QED) is 0.584. The van der Waals surface area contributed by atoms with Gasteiger partial charge in [-0.3, -0.25) is 9.59 Å². The molecule has 1 saturated heterocycles. The van der Waals surface area contributed by atoms with Crippen molar-refractivity contribution in [3.05, 3.63) is 0 Å². The summed E-state index contributed by atoms with van der Waals surface area (Å²) in [6, 6.07) is 0.210. The lowest BCUT2D eigenvalue weighted by atomic mass is 9.79. The summed E-state index contributed by atoms with van der Waals surface area (Å²) in [6.07, 6.45) is 1.01. The Morgan fingerprint density at radius 1 is 1.32 bits per heavy atom. The van der Waals surface area contributed by atoms with Gasteiger partial charge in [0.15, 0.2) is 0 Å². The number of amides is 1. The number of likely N-dealkylation sites (tertiary alicyclic amines) is 1. The molecule has 1 aliphatic heterocycles. The maximum Gasteiger partial charge on any atom is 0.319 e. The summed E-state index contributed by atoms with van der Waals surface area (Å²) >= 11 is 0. The molecule has 0 saturated carbocycles. The van der Waals surface area contributed by atoms with E-state index in [4.69, 9.17) is 4.74 Å². The summed E-state index contributed by atoms with van der Waals surface area (Å²) in [5.74, 6) is -0.684. The molecule has 4 heteroatoms. The van der Waals surface area contributed by atoms with Gasteiger partial charge in [-0.15, -0.1) is 0 Å². The van der Waals surface area contributed by atoms with Crippen molar-refractivity contribution in [2.45, 2.75) is 54.0 Å². The van der Waals surface area contributed by atoms with Crippen LogP contribution in [0, 0.1) is 17.3 Å². The minimum atomic E-state index is -0.708. The van der Waals surface area contributed by atoms with Crippen molar-refractivity contribution in [3.8, 4) is 0 Å². The second-order valence-corrected chi connectivity index (χ2v) is 6.73. The summed E-state index contributed by atoms with van der Waals surface area (Å²) in [6.45, 7) is 12.7. The summed E-state index contributed by atoms with van der Waals surface area (Å²) in [4.78, 5) is 26.6. The van der Waals surface area contributed by atoms with Gasteiger partial charge >= 0.3 is 5.97 Å². The molecule has 4 nitrogen and oxygen atoms in total. The Morgan fingerprint density at radius 2 is 1.89 bits per heavy atom. The van der Waals surface area contributed by atoms with Crippen LogP contribution in [0.25, 0.3) is 0 Å². The molecular formula is C15H27NO3. The minimum absolute atomic E-state index is 0.0807. The van der Waals surface area contributed by atoms with E-state index < -0.39 is 17.3 Å². The molecule has 0 aromatic heterocycles. The molecule has 1 fully saturated rings. The first-order valence-electron chi connectivity index (χ1n) is 7.15. The van der Waals surface area contributed by atoms with E-state index in [1.807, 2.05) is 32.6 Å². The predicted molar refractivity (Wildman–Crippen MR) is 74.5 cm³/mol. The third-order valence-electron chi connectivity index (χ3n) is 3.70. The van der Waals surface area contributed by atoms with Crippen molar-refractivity contribution >= 4 is 11.9 Å². The lowest BCUT2D eigenvalue weighted by molar-refractivity contribution is -0.160. The molecular weight excluding hydrogens is 242 g/mol. The zero-order valence-electron chi connectivity index (χ0n) is 13.0. The molecule has 0 bridgehead atoms. The van der Waals surface area contributed by atoms with Crippen molar-refractivity contribution in [3.63, 3.8) is 0 Å². The van der Waals surface area contributed by atoms with E-state index in [0.717, 1.165) is 13.0 Å². The smallest absolute Gasteiger partial charge is 0.319 e. The molecule has 19 heavy (non-hydrogen) atoms. The Labute approximate surface area is 116 Å². The normalized spacial score (nSPS) is 25.3. The molecule has 0 radical (unpaired) electrons. The van der Waals surface area contributed by atoms with Crippen LogP contribution in [0.1, 0.15) is 48.0 Å². The summed E-state index contributed by atoms with van der Waals surface area (Å²) < 4.78 is 5.09. The van der Waals surface area contributed by atoms with Crippen molar-refractivity contribution in [2.75, 3.05) is 13.2 Å². The zero-order valence-corrected chi connectivity index (χ0v) is 13.0. The SMILES string of the molecule is CCOC(=O)C(C(=O)N1CC(C)CC1C)C(C)(C)C. The molecule has 0 spiro atoms. The van der Waals surface area contributed by atoms with E-state index in [1.54, 1.807) is 6.92 Å². The van der Waals surface area contributed by atoms with Gasteiger partial charge in [-0.2, -0.15) is 0 Å². The maximum atomic E-state index is 12.7. The Bertz CT molecular complexity index is 346. The van der Waals surface area contributed by atoms with E-state index in [9.17, 15) is 9.59 Å². The van der Waals surface area contributed by atoms with Gasteiger partial charge in [-0.1, -0.05) is 27.7 Å². The maximum absolute atomic E-state index is 12.7. The number of hydrogen-bond acceptors (Lipinski definition) is 3. The van der Waals surface area contributed by atoms with Gasteiger partial charge in [-0.25, -0.2) is 0 Å². The lowest BCUT2D eigenvalue weighted by Gasteiger charge is -2.33. The van der Waals surface area contributed by atoms with Gasteiger partial charge in [0.25, 0.3) is 0 Å². The first kappa shape index (κ1) is 16.0. The monoisotopic (exact) mass is 269 g/mol. The van der Waals surface area contributed by atoms with Gasteiger partial charge in [0.2, 0.25) is 5.91 Å². The van der Waals surface area contributed by atoms with Crippen LogP contribution in [0.5, 0.6) is 0 Å². The molecule has 3 unspecified atom stereocenters. The fourth-order valence-electron chi connectivity index (χ4n) is 2.82. The Morgan fingerprint density at radius 3 is 2.26 bits per heavy atom. The third-order valence-corrected chi connectivity index (χ3v) is 3.70. The topological polar surface area (TPSA) is 46.6 Å². The Hall–Kier alpha value is -1.06. The number of hydrogen-bond donors (Lipinski definition) is 0. The molecule has 1 amide bonds. The highest BCUT2D eigenvalue weighted by molar-refractivity contribution is 5.98. The lowest BCUT2D eigenvalue weighted by Crippen LogP contribution is -2.47. The molecule has 1 rings (SSSR count). The summed E-state index contributed by atoms with van der Waals surface area (Å²) in [5, 5.41) is 0. The van der Waals surface area contributed by atoms with Crippen molar-refractivity contribution < 1.29 is 14.3 Å². The van der Waals surface area contributed by atoms with E-state index in [2.05, 4.69) is 6.92 Å². The van der Waals surface area contributed by atoms with Crippen molar-refractivity contribution in [1.82, 2.24) is 4.90 Å². The van der Waals surface area contributed by atoms with Crippen LogP contribution in [0.3, 0.4) is 0 Å². The average molecular weight is 269 g/mol. The molecule has 0 N–H and O–H groups in total. The largest absolute Gasteiger partial charge is 0.465 e. The van der Waals surface area contributed by atoms with Crippen LogP contribution in [-0.4, -0.2) is 36.0 Å². The standard InChI is InChI=1S/C15H27NO3/c1-7-19-14(18)12(15(4,5)6)13(17)16-9-10(2)8-11(16)3/h10-12H,7-9H2,1-6H3. The molecule has 1 heterocycles. The van der Waals surface area contributed by atoms with Crippen LogP contribution in [-0.2, 0) is 14.3 Å². The average Bonchev–Trinajstić information content (AvgIpc) is 2.56. The number of carbonyl (C=O) groups is 2. The Kier molecular flexibility index (Phi) is 4.99. The molecule has 110 valence electrons. The first-order valence-corrected chi connectivity index (χ1v) is 7.15. The van der Waals surface area contributed by atoms with Crippen LogP contribution in [0.2, 0.25) is 0 Å². The zero-order chi connectivity index (χ0) is 14.8. The number of carbonyl (C=O) groups excluding carboxylic acids is 2. The van der Waals surface area contributed by atoms with Gasteiger partial charge in [0.05, 0.1) is 6.61 Å². The van der Waals surface area contributed by atoms with Crippen LogP contribution in [0.4, 0.5) is 0 Å². The van der Waals surface area contributed by atoms with Gasteiger partial charge in [-0.05, 0) is 31.6 Å². The summed E-state index contributed by atoms with van der Waals surface area (Å²) in [7, 11) is 0. The Balaban J connectivity index is 2.92. The molecule has 0 aromatic rings. The minimum Gasteiger partial charge on any atom is -0.465 e. The number of ether oxygens (including phenoxy) is 1. The number of nitrogens with zero attached hydrogens (tertiary/aromatic N) is 1. The number of rotatable bonds is 3. The van der Waals surface area contributed by atoms with Crippen molar-refractivity contribution in [2.24, 2.45) is 17.3 Å². The van der Waals surface area contributed by atoms with Gasteiger partial charge < -0.3 is 9.64 Å². The first-order chi connectivity index (χ1) is 8.68. The number of esters is 1. The fourth-order valence-corrected chi connectivity index (χ4v) is 2.82. The van der Waals surface area contributed by atoms with Crippen molar-refractivity contribution in [1.29, 1.82) is 0 Å². The molecule has 1 aliphatic rings. The highest BCUT2D eigenvalue weighted by atomic mass is 16.5. The van der Waals surface area contributed by atoms with E-state index in [1.165, 1.54) is 0 Å². The fraction of sp³-hybridized carbons (Fsp3) is 0.867. The van der Waals surface area contributed by atoms with Crippen LogP contribution < -0.4 is 0 Å². The molecule has 0 aliphatic carbocycles. The summed E-state index contributed by atoms with van der Waals surface area (Å²) in [5.41, 5.74) is -0.422. The van der Waals surface area contributed by atoms with Gasteiger partial charge in [0.1, 0.15) is 5.92 Å². The highest BCUT2D eigenvalue weighted by Crippen LogP contribution is 2.32.